The number of piperidine rings is 1. The highest BCUT2D eigenvalue weighted by atomic mass is 35.5. The Morgan fingerprint density at radius 3 is 2.52 bits per heavy atom. The second-order valence-corrected chi connectivity index (χ2v) is 9.23. The normalized spacial score (nSPS) is 19.3. The first-order chi connectivity index (χ1) is 13.7. The van der Waals surface area contributed by atoms with E-state index in [9.17, 15) is 4.79 Å². The number of ether oxygens (including phenoxy) is 2. The molecule has 0 aliphatic carbocycles. The maximum absolute atomic E-state index is 12.6. The van der Waals surface area contributed by atoms with Crippen LogP contribution in [0.25, 0.3) is 10.9 Å². The van der Waals surface area contributed by atoms with Gasteiger partial charge in [-0.25, -0.2) is 14.8 Å². The van der Waals surface area contributed by atoms with E-state index < -0.39 is 11.6 Å². The molecular formula is C21H27ClN4O3. The van der Waals surface area contributed by atoms with E-state index >= 15 is 0 Å². The average molecular weight is 419 g/mol. The number of likely N-dealkylation sites (tertiary alicyclic amines) is 1. The lowest BCUT2D eigenvalue weighted by molar-refractivity contribution is -0.0712. The van der Waals surface area contributed by atoms with Gasteiger partial charge in [0, 0.05) is 10.4 Å². The van der Waals surface area contributed by atoms with Gasteiger partial charge in [-0.2, -0.15) is 0 Å². The zero-order chi connectivity index (χ0) is 20.8. The zero-order valence-electron chi connectivity index (χ0n) is 17.1. The van der Waals surface area contributed by atoms with Crippen LogP contribution in [-0.2, 0) is 9.47 Å². The standard InChI is InChI=1S/C21H27ClN4O3/c1-21(2,3)29-19(27)18-15-8-16(22)14(9-17(15)24-20(23)25-18)12-4-6-26(7-5-12)13-10-28-11-13/h8-9,12-13H,4-7,10-11H2,1-3H3,(H2,23,24,25). The molecule has 8 heteroatoms. The number of anilines is 1. The van der Waals surface area contributed by atoms with Gasteiger partial charge in [0.1, 0.15) is 5.60 Å². The Balaban J connectivity index is 1.62. The first-order valence-electron chi connectivity index (χ1n) is 10.0. The second-order valence-electron chi connectivity index (χ2n) is 8.82. The summed E-state index contributed by atoms with van der Waals surface area (Å²) in [6.07, 6.45) is 2.06. The molecule has 1 aromatic carbocycles. The molecule has 0 amide bonds. The van der Waals surface area contributed by atoms with Gasteiger partial charge in [0.05, 0.1) is 24.8 Å². The molecule has 0 unspecified atom stereocenters. The molecule has 0 atom stereocenters. The lowest BCUT2D eigenvalue weighted by Crippen LogP contribution is -2.51. The van der Waals surface area contributed by atoms with E-state index in [4.69, 9.17) is 26.8 Å². The minimum atomic E-state index is -0.633. The highest BCUT2D eigenvalue weighted by Crippen LogP contribution is 2.36. The summed E-state index contributed by atoms with van der Waals surface area (Å²) < 4.78 is 10.8. The van der Waals surface area contributed by atoms with E-state index in [1.807, 2.05) is 26.8 Å². The summed E-state index contributed by atoms with van der Waals surface area (Å²) in [6, 6.07) is 4.29. The molecule has 0 spiro atoms. The summed E-state index contributed by atoms with van der Waals surface area (Å²) in [5.41, 5.74) is 7.07. The summed E-state index contributed by atoms with van der Waals surface area (Å²) >= 11 is 6.65. The molecule has 1 aromatic heterocycles. The maximum Gasteiger partial charge on any atom is 0.358 e. The number of nitrogen functional groups attached to an aromatic ring is 1. The van der Waals surface area contributed by atoms with Crippen LogP contribution in [0.2, 0.25) is 5.02 Å². The summed E-state index contributed by atoms with van der Waals surface area (Å²) in [6.45, 7) is 9.17. The van der Waals surface area contributed by atoms with E-state index in [1.54, 1.807) is 6.07 Å². The van der Waals surface area contributed by atoms with Crippen molar-refractivity contribution in [3.05, 3.63) is 28.4 Å². The van der Waals surface area contributed by atoms with E-state index in [1.165, 1.54) is 0 Å². The van der Waals surface area contributed by atoms with Crippen LogP contribution in [0.15, 0.2) is 12.1 Å². The number of hydrogen-bond acceptors (Lipinski definition) is 7. The Bertz CT molecular complexity index is 932. The molecule has 2 aliphatic heterocycles. The monoisotopic (exact) mass is 418 g/mol. The van der Waals surface area contributed by atoms with Crippen LogP contribution in [0.5, 0.6) is 0 Å². The fourth-order valence-electron chi connectivity index (χ4n) is 3.99. The SMILES string of the molecule is CC(C)(C)OC(=O)c1nc(N)nc2cc(C3CCN(C4COC4)CC3)c(Cl)cc12. The van der Waals surface area contributed by atoms with Gasteiger partial charge in [-0.15, -0.1) is 0 Å². The number of rotatable bonds is 3. The third-order valence-corrected chi connectivity index (χ3v) is 5.86. The highest BCUT2D eigenvalue weighted by molar-refractivity contribution is 6.32. The van der Waals surface area contributed by atoms with Gasteiger partial charge < -0.3 is 15.2 Å². The Hall–Kier alpha value is -1.96. The van der Waals surface area contributed by atoms with Crippen LogP contribution < -0.4 is 5.73 Å². The number of aromatic nitrogens is 2. The van der Waals surface area contributed by atoms with Crippen LogP contribution in [0, 0.1) is 0 Å². The van der Waals surface area contributed by atoms with Gasteiger partial charge in [-0.3, -0.25) is 4.90 Å². The number of nitrogens with zero attached hydrogens (tertiary/aromatic N) is 3. The van der Waals surface area contributed by atoms with Crippen molar-refractivity contribution in [2.45, 2.75) is 51.2 Å². The predicted octanol–water partition coefficient (Wildman–Crippen LogP) is 3.40. The number of nitrogens with two attached hydrogens (primary N) is 1. The molecule has 3 heterocycles. The van der Waals surface area contributed by atoms with Crippen molar-refractivity contribution in [2.75, 3.05) is 32.0 Å². The molecule has 0 bridgehead atoms. The molecule has 2 fully saturated rings. The lowest BCUT2D eigenvalue weighted by atomic mass is 9.88. The maximum atomic E-state index is 12.6. The topological polar surface area (TPSA) is 90.6 Å². The van der Waals surface area contributed by atoms with Crippen molar-refractivity contribution in [1.29, 1.82) is 0 Å². The fourth-order valence-corrected chi connectivity index (χ4v) is 4.31. The van der Waals surface area contributed by atoms with E-state index in [2.05, 4.69) is 14.9 Å². The minimum Gasteiger partial charge on any atom is -0.455 e. The minimum absolute atomic E-state index is 0.0476. The third kappa shape index (κ3) is 4.32. The van der Waals surface area contributed by atoms with E-state index in [0.29, 0.717) is 27.9 Å². The molecule has 2 aromatic rings. The molecule has 2 N–H and O–H groups in total. The number of carbonyl (C=O) groups excluding carboxylic acids is 1. The summed E-state index contributed by atoms with van der Waals surface area (Å²) in [5.74, 6) is -0.131. The van der Waals surface area contributed by atoms with Crippen molar-refractivity contribution in [1.82, 2.24) is 14.9 Å². The largest absolute Gasteiger partial charge is 0.455 e. The van der Waals surface area contributed by atoms with Crippen LogP contribution >= 0.6 is 11.6 Å². The zero-order valence-corrected chi connectivity index (χ0v) is 17.8. The van der Waals surface area contributed by atoms with Gasteiger partial charge in [0.25, 0.3) is 0 Å². The van der Waals surface area contributed by atoms with Crippen LogP contribution in [0.1, 0.15) is 55.6 Å². The molecule has 4 rings (SSSR count). The Labute approximate surface area is 175 Å². The van der Waals surface area contributed by atoms with Gasteiger partial charge in [-0.1, -0.05) is 11.6 Å². The Kier molecular flexibility index (Phi) is 5.40. The molecule has 29 heavy (non-hydrogen) atoms. The van der Waals surface area contributed by atoms with E-state index in [0.717, 1.165) is 44.7 Å². The quantitative estimate of drug-likeness (QED) is 0.764. The Morgan fingerprint density at radius 2 is 1.93 bits per heavy atom. The van der Waals surface area contributed by atoms with E-state index in [-0.39, 0.29) is 11.6 Å². The number of benzene rings is 1. The summed E-state index contributed by atoms with van der Waals surface area (Å²) in [7, 11) is 0. The number of fused-ring (bicyclic) bond motifs is 1. The lowest BCUT2D eigenvalue weighted by Gasteiger charge is -2.41. The van der Waals surface area contributed by atoms with Crippen molar-refractivity contribution >= 4 is 34.4 Å². The molecule has 7 nitrogen and oxygen atoms in total. The first-order valence-corrected chi connectivity index (χ1v) is 10.4. The highest BCUT2D eigenvalue weighted by Gasteiger charge is 2.31. The molecule has 0 saturated carbocycles. The van der Waals surface area contributed by atoms with Crippen molar-refractivity contribution in [2.24, 2.45) is 0 Å². The molecular weight excluding hydrogens is 392 g/mol. The van der Waals surface area contributed by atoms with Crippen LogP contribution in [0.3, 0.4) is 0 Å². The molecule has 0 radical (unpaired) electrons. The van der Waals surface area contributed by atoms with Gasteiger partial charge in [0.2, 0.25) is 5.95 Å². The first kappa shape index (κ1) is 20.3. The molecule has 2 saturated heterocycles. The predicted molar refractivity (Wildman–Crippen MR) is 112 cm³/mol. The fraction of sp³-hybridized carbons (Fsp3) is 0.571. The van der Waals surface area contributed by atoms with Crippen molar-refractivity contribution in [3.8, 4) is 0 Å². The number of esters is 1. The van der Waals surface area contributed by atoms with Gasteiger partial charge >= 0.3 is 5.97 Å². The average Bonchev–Trinajstić information content (AvgIpc) is 2.59. The molecule has 156 valence electrons. The number of carbonyl (C=O) groups is 1. The van der Waals surface area contributed by atoms with Crippen LogP contribution in [-0.4, -0.2) is 58.8 Å². The van der Waals surface area contributed by atoms with Crippen LogP contribution in [0.4, 0.5) is 5.95 Å². The van der Waals surface area contributed by atoms with Crippen molar-refractivity contribution in [3.63, 3.8) is 0 Å². The summed E-state index contributed by atoms with van der Waals surface area (Å²) in [4.78, 5) is 23.6. The number of hydrogen-bond donors (Lipinski definition) is 1. The van der Waals surface area contributed by atoms with Crippen molar-refractivity contribution < 1.29 is 14.3 Å². The third-order valence-electron chi connectivity index (χ3n) is 5.53. The molecule has 2 aliphatic rings. The number of halogens is 1. The summed E-state index contributed by atoms with van der Waals surface area (Å²) in [5, 5.41) is 1.19. The second kappa shape index (κ2) is 7.70. The van der Waals surface area contributed by atoms with Gasteiger partial charge in [-0.05, 0) is 70.3 Å². The van der Waals surface area contributed by atoms with Gasteiger partial charge in [0.15, 0.2) is 5.69 Å². The Morgan fingerprint density at radius 1 is 1.24 bits per heavy atom. The smallest absolute Gasteiger partial charge is 0.358 e.